The zero-order valence-corrected chi connectivity index (χ0v) is 21.1. The number of anilines is 2. The molecule has 7 nitrogen and oxygen atoms in total. The van der Waals surface area contributed by atoms with Crippen molar-refractivity contribution >= 4 is 27.3 Å². The van der Waals surface area contributed by atoms with E-state index in [0.29, 0.717) is 53.6 Å². The topological polar surface area (TPSA) is 84.9 Å². The normalized spacial score (nSPS) is 12.9. The summed E-state index contributed by atoms with van der Waals surface area (Å²) in [6.07, 6.45) is 1.38. The highest BCUT2D eigenvalue weighted by atomic mass is 32.2. The molecule has 0 aromatic heterocycles. The van der Waals surface area contributed by atoms with Crippen LogP contribution in [0.2, 0.25) is 0 Å². The number of rotatable bonds is 7. The van der Waals surface area contributed by atoms with Crippen molar-refractivity contribution in [2.45, 2.75) is 17.7 Å². The molecule has 37 heavy (non-hydrogen) atoms. The minimum absolute atomic E-state index is 0.202. The number of carbonyl (C=O) groups is 1. The van der Waals surface area contributed by atoms with Gasteiger partial charge in [0.2, 0.25) is 0 Å². The maximum absolute atomic E-state index is 13.4. The van der Waals surface area contributed by atoms with Crippen molar-refractivity contribution in [2.75, 3.05) is 23.3 Å². The first-order valence-electron chi connectivity index (χ1n) is 11.9. The van der Waals surface area contributed by atoms with E-state index in [1.54, 1.807) is 54.6 Å². The number of amides is 1. The first kappa shape index (κ1) is 24.4. The molecule has 1 N–H and O–H groups in total. The quantitative estimate of drug-likeness (QED) is 0.333. The van der Waals surface area contributed by atoms with Gasteiger partial charge in [-0.1, -0.05) is 30.3 Å². The summed E-state index contributed by atoms with van der Waals surface area (Å²) >= 11 is 0. The lowest BCUT2D eigenvalue weighted by atomic mass is 10.0. The van der Waals surface area contributed by atoms with E-state index in [-0.39, 0.29) is 10.8 Å². The van der Waals surface area contributed by atoms with Crippen LogP contribution in [0.25, 0.3) is 0 Å². The molecule has 1 aliphatic heterocycles. The van der Waals surface area contributed by atoms with Crippen LogP contribution in [0.15, 0.2) is 102 Å². The molecule has 0 fully saturated rings. The van der Waals surface area contributed by atoms with Gasteiger partial charge in [0, 0.05) is 12.2 Å². The average molecular weight is 515 g/mol. The Hall–Kier alpha value is -4.30. The van der Waals surface area contributed by atoms with E-state index in [0.717, 1.165) is 5.56 Å². The van der Waals surface area contributed by atoms with Gasteiger partial charge in [-0.05, 0) is 85.1 Å². The molecule has 0 bridgehead atoms. The van der Waals surface area contributed by atoms with Crippen LogP contribution in [-0.4, -0.2) is 28.0 Å². The summed E-state index contributed by atoms with van der Waals surface area (Å²) in [6.45, 7) is 0.386. The fourth-order valence-corrected chi connectivity index (χ4v) is 5.86. The van der Waals surface area contributed by atoms with Crippen LogP contribution in [0.5, 0.6) is 17.2 Å². The van der Waals surface area contributed by atoms with Gasteiger partial charge in [-0.2, -0.15) is 0 Å². The van der Waals surface area contributed by atoms with E-state index >= 15 is 0 Å². The summed E-state index contributed by atoms with van der Waals surface area (Å²) in [5, 5.41) is 2.93. The van der Waals surface area contributed by atoms with E-state index < -0.39 is 10.0 Å². The van der Waals surface area contributed by atoms with Crippen molar-refractivity contribution in [1.29, 1.82) is 0 Å². The third-order valence-electron chi connectivity index (χ3n) is 6.16. The Morgan fingerprint density at radius 2 is 1.59 bits per heavy atom. The highest BCUT2D eigenvalue weighted by Gasteiger charge is 2.29. The lowest BCUT2D eigenvalue weighted by Gasteiger charge is -2.31. The standard InChI is InChI=1S/C29H26N2O5S/c1-35-23-14-16-25(17-15-23)37(33,34)31-19-7-8-21-20-22(13-18-27(21)31)30-29(32)26-11-5-6-12-28(26)36-24-9-3-2-4-10-24/h2-6,9-18,20H,7-8,19H2,1H3,(H,30,32). The smallest absolute Gasteiger partial charge is 0.264 e. The van der Waals surface area contributed by atoms with Crippen molar-refractivity contribution in [3.63, 3.8) is 0 Å². The Kier molecular flexibility index (Phi) is 6.83. The van der Waals surface area contributed by atoms with Gasteiger partial charge in [0.15, 0.2) is 0 Å². The van der Waals surface area contributed by atoms with E-state index in [2.05, 4.69) is 5.32 Å². The van der Waals surface area contributed by atoms with Crippen LogP contribution in [0, 0.1) is 0 Å². The second-order valence-electron chi connectivity index (χ2n) is 8.57. The van der Waals surface area contributed by atoms with Crippen molar-refractivity contribution in [3.05, 3.63) is 108 Å². The van der Waals surface area contributed by atoms with Crippen molar-refractivity contribution in [1.82, 2.24) is 0 Å². The molecule has 1 heterocycles. The Balaban J connectivity index is 1.37. The van der Waals surface area contributed by atoms with Crippen LogP contribution >= 0.6 is 0 Å². The predicted molar refractivity (Wildman–Crippen MR) is 143 cm³/mol. The number of methoxy groups -OCH3 is 1. The molecular formula is C29H26N2O5S. The summed E-state index contributed by atoms with van der Waals surface area (Å²) in [5.74, 6) is 1.36. The van der Waals surface area contributed by atoms with Crippen molar-refractivity contribution < 1.29 is 22.7 Å². The Morgan fingerprint density at radius 3 is 2.35 bits per heavy atom. The highest BCUT2D eigenvalue weighted by Crippen LogP contribution is 2.34. The van der Waals surface area contributed by atoms with Gasteiger partial charge >= 0.3 is 0 Å². The Morgan fingerprint density at radius 1 is 0.865 bits per heavy atom. The summed E-state index contributed by atoms with van der Waals surface area (Å²) < 4.78 is 39.3. The molecule has 8 heteroatoms. The number of sulfonamides is 1. The zero-order valence-electron chi connectivity index (χ0n) is 20.3. The second kappa shape index (κ2) is 10.4. The number of carbonyl (C=O) groups excluding carboxylic acids is 1. The van der Waals surface area contributed by atoms with E-state index in [1.165, 1.54) is 11.4 Å². The monoisotopic (exact) mass is 514 g/mol. The number of hydrogen-bond donors (Lipinski definition) is 1. The minimum Gasteiger partial charge on any atom is -0.497 e. The van der Waals surface area contributed by atoms with Crippen molar-refractivity contribution in [3.8, 4) is 17.2 Å². The second-order valence-corrected chi connectivity index (χ2v) is 10.4. The summed E-state index contributed by atoms with van der Waals surface area (Å²) in [5.41, 5.74) is 2.46. The first-order chi connectivity index (χ1) is 18.0. The zero-order chi connectivity index (χ0) is 25.8. The fourth-order valence-electron chi connectivity index (χ4n) is 4.32. The molecule has 0 radical (unpaired) electrons. The lowest BCUT2D eigenvalue weighted by Crippen LogP contribution is -2.35. The Labute approximate surface area is 216 Å². The minimum atomic E-state index is -3.74. The largest absolute Gasteiger partial charge is 0.497 e. The van der Waals surface area contributed by atoms with Crippen LogP contribution in [0.1, 0.15) is 22.3 Å². The van der Waals surface area contributed by atoms with Gasteiger partial charge < -0.3 is 14.8 Å². The first-order valence-corrected chi connectivity index (χ1v) is 13.3. The average Bonchev–Trinajstić information content (AvgIpc) is 2.93. The number of fused-ring (bicyclic) bond motifs is 1. The number of ether oxygens (including phenoxy) is 2. The number of benzene rings is 4. The summed E-state index contributed by atoms with van der Waals surface area (Å²) in [6, 6.07) is 28.0. The molecule has 4 aromatic rings. The maximum Gasteiger partial charge on any atom is 0.264 e. The van der Waals surface area contributed by atoms with Crippen LogP contribution < -0.4 is 19.1 Å². The van der Waals surface area contributed by atoms with Gasteiger partial charge in [-0.25, -0.2) is 8.42 Å². The maximum atomic E-state index is 13.4. The molecule has 0 spiro atoms. The molecule has 0 saturated heterocycles. The van der Waals surface area contributed by atoms with Crippen LogP contribution in [-0.2, 0) is 16.4 Å². The third kappa shape index (κ3) is 5.15. The molecule has 5 rings (SSSR count). The molecule has 4 aromatic carbocycles. The van der Waals surface area contributed by atoms with E-state index in [4.69, 9.17) is 9.47 Å². The Bertz CT molecular complexity index is 1520. The number of hydrogen-bond acceptors (Lipinski definition) is 5. The fraction of sp³-hybridized carbons (Fsp3) is 0.138. The molecule has 0 unspecified atom stereocenters. The lowest BCUT2D eigenvalue weighted by molar-refractivity contribution is 0.102. The van der Waals surface area contributed by atoms with Crippen LogP contribution in [0.4, 0.5) is 11.4 Å². The van der Waals surface area contributed by atoms with Gasteiger partial charge in [0.05, 0.1) is 23.3 Å². The predicted octanol–water partition coefficient (Wildman–Crippen LogP) is 5.88. The molecule has 0 atom stereocenters. The summed E-state index contributed by atoms with van der Waals surface area (Å²) in [4.78, 5) is 13.3. The molecule has 0 aliphatic carbocycles. The number of nitrogens with zero attached hydrogens (tertiary/aromatic N) is 1. The number of para-hydroxylation sites is 2. The van der Waals surface area contributed by atoms with E-state index in [9.17, 15) is 13.2 Å². The van der Waals surface area contributed by atoms with Crippen LogP contribution in [0.3, 0.4) is 0 Å². The molecule has 1 amide bonds. The van der Waals surface area contributed by atoms with Gasteiger partial charge in [-0.3, -0.25) is 9.10 Å². The highest BCUT2D eigenvalue weighted by molar-refractivity contribution is 7.92. The molecule has 1 aliphatic rings. The molecular weight excluding hydrogens is 488 g/mol. The number of aryl methyl sites for hydroxylation is 1. The number of nitrogens with one attached hydrogen (secondary N) is 1. The summed E-state index contributed by atoms with van der Waals surface area (Å²) in [7, 11) is -2.20. The SMILES string of the molecule is COc1ccc(S(=O)(=O)N2CCCc3cc(NC(=O)c4ccccc4Oc4ccccc4)ccc32)cc1. The third-order valence-corrected chi connectivity index (χ3v) is 7.99. The van der Waals surface area contributed by atoms with Gasteiger partial charge in [0.1, 0.15) is 17.2 Å². The molecule has 0 saturated carbocycles. The van der Waals surface area contributed by atoms with Crippen molar-refractivity contribution in [2.24, 2.45) is 0 Å². The van der Waals surface area contributed by atoms with Gasteiger partial charge in [0.25, 0.3) is 15.9 Å². The van der Waals surface area contributed by atoms with Gasteiger partial charge in [-0.15, -0.1) is 0 Å². The van der Waals surface area contributed by atoms with E-state index in [1.807, 2.05) is 42.5 Å². The molecule has 188 valence electrons.